The first kappa shape index (κ1) is 43.4. The number of hydrogen-bond acceptors (Lipinski definition) is 10. The maximum Gasteiger partial charge on any atom is 0.488 e. The highest BCUT2D eigenvalue weighted by molar-refractivity contribution is 9.10. The van der Waals surface area contributed by atoms with Gasteiger partial charge in [-0.05, 0) is 71.9 Å². The minimum absolute atomic E-state index is 0.0322. The number of hydrogen-bond donors (Lipinski definition) is 4. The van der Waals surface area contributed by atoms with Crippen LogP contribution in [0, 0.1) is 13.8 Å². The lowest BCUT2D eigenvalue weighted by atomic mass is 9.81. The minimum Gasteiger partial charge on any atom is -0.472 e. The van der Waals surface area contributed by atoms with E-state index in [-0.39, 0.29) is 12.2 Å². The highest BCUT2D eigenvalue weighted by Crippen LogP contribution is 2.31. The van der Waals surface area contributed by atoms with Gasteiger partial charge >= 0.3 is 7.12 Å². The largest absolute Gasteiger partial charge is 0.488 e. The molecule has 0 aliphatic carbocycles. The Bertz CT molecular complexity index is 2340. The number of nitrogens with zero attached hydrogens (tertiary/aromatic N) is 4. The third-order valence-electron chi connectivity index (χ3n) is 10.0. The number of primary amides is 2. The summed E-state index contributed by atoms with van der Waals surface area (Å²) in [6, 6.07) is 37.9. The van der Waals surface area contributed by atoms with Crippen molar-refractivity contribution in [1.82, 2.24) is 9.97 Å². The molecule has 0 saturated carbocycles. The summed E-state index contributed by atoms with van der Waals surface area (Å²) in [5.74, 6) is 0.420. The van der Waals surface area contributed by atoms with E-state index in [1.807, 2.05) is 105 Å². The lowest BCUT2D eigenvalue weighted by Gasteiger charge is -2.22. The van der Waals surface area contributed by atoms with E-state index >= 15 is 0 Å². The average Bonchev–Trinajstić information content (AvgIpc) is 3.93. The molecular formula is C46H48BBrN6O6. The van der Waals surface area contributed by atoms with Crippen molar-refractivity contribution >= 4 is 51.7 Å². The van der Waals surface area contributed by atoms with Crippen LogP contribution in [0.3, 0.4) is 0 Å². The first-order valence-electron chi connectivity index (χ1n) is 19.6. The molecule has 2 atom stereocenters. The highest BCUT2D eigenvalue weighted by atomic mass is 79.9. The second kappa shape index (κ2) is 20.7. The van der Waals surface area contributed by atoms with E-state index in [0.717, 1.165) is 64.0 Å². The van der Waals surface area contributed by atoms with Gasteiger partial charge in [-0.3, -0.25) is 9.59 Å². The van der Waals surface area contributed by atoms with Crippen LogP contribution in [0.5, 0.6) is 11.8 Å². The molecule has 2 aliphatic rings. The standard InChI is InChI=1S/C23H23N3O2.C17H18BrN3O2.C6H7BO2/c1-16-7-10-22(25-14-16)28-19-11-12-26(15-19)21-9-8-18(13-20(21)23(24)27)17-5-3-2-4-6-17;1-11-2-5-16(20-9-11)23-13-6-7-21(10-13)15-4-3-12(18)8-14(15)17(19)22;8-7(9)6-4-2-1-3-5-6/h2-10,13-14,19H,11-12,15H2,1H3,(H2,24,27);2-5,8-9,13H,6-7,10H2,1H3,(H2,19,22);1-5,8-9H/t19-;13-;/m00./s1. The topological polar surface area (TPSA) is 177 Å². The number of anilines is 2. The molecule has 0 bridgehead atoms. The molecule has 6 aromatic rings. The van der Waals surface area contributed by atoms with Crippen molar-refractivity contribution in [3.8, 4) is 22.9 Å². The fourth-order valence-corrected chi connectivity index (χ4v) is 7.26. The van der Waals surface area contributed by atoms with Gasteiger partial charge in [0.1, 0.15) is 12.2 Å². The van der Waals surface area contributed by atoms with Crippen LogP contribution in [0.2, 0.25) is 0 Å². The van der Waals surface area contributed by atoms with Gasteiger partial charge in [0.05, 0.1) is 24.2 Å². The number of amides is 2. The fraction of sp³-hybridized carbons (Fsp3) is 0.217. The second-order valence-corrected chi connectivity index (χ2v) is 15.5. The Kier molecular flexibility index (Phi) is 14.9. The van der Waals surface area contributed by atoms with Crippen molar-refractivity contribution in [3.05, 3.63) is 160 Å². The van der Waals surface area contributed by atoms with Gasteiger partial charge < -0.3 is 40.8 Å². The van der Waals surface area contributed by atoms with Gasteiger partial charge in [0, 0.05) is 66.3 Å². The summed E-state index contributed by atoms with van der Waals surface area (Å²) in [7, 11) is -1.34. The van der Waals surface area contributed by atoms with Crippen molar-refractivity contribution < 1.29 is 29.1 Å². The number of carbonyl (C=O) groups excluding carboxylic acids is 2. The highest BCUT2D eigenvalue weighted by Gasteiger charge is 2.28. The Morgan fingerprint density at radius 1 is 0.650 bits per heavy atom. The summed E-state index contributed by atoms with van der Waals surface area (Å²) in [5, 5.41) is 17.2. The van der Waals surface area contributed by atoms with Crippen molar-refractivity contribution in [2.45, 2.75) is 38.9 Å². The Labute approximate surface area is 359 Å². The lowest BCUT2D eigenvalue weighted by Crippen LogP contribution is -2.29. The number of nitrogens with two attached hydrogens (primary N) is 2. The number of ether oxygens (including phenoxy) is 2. The van der Waals surface area contributed by atoms with Gasteiger partial charge in [0.15, 0.2) is 0 Å². The van der Waals surface area contributed by atoms with Crippen LogP contribution in [0.1, 0.15) is 44.7 Å². The smallest absolute Gasteiger partial charge is 0.472 e. The number of rotatable bonds is 10. The summed E-state index contributed by atoms with van der Waals surface area (Å²) in [6.07, 6.45) is 5.43. The average molecular weight is 872 g/mol. The first-order valence-corrected chi connectivity index (χ1v) is 20.4. The van der Waals surface area contributed by atoms with E-state index in [9.17, 15) is 9.59 Å². The van der Waals surface area contributed by atoms with Gasteiger partial charge in [0.2, 0.25) is 11.8 Å². The van der Waals surface area contributed by atoms with Gasteiger partial charge in [0.25, 0.3) is 11.8 Å². The summed E-state index contributed by atoms with van der Waals surface area (Å²) in [4.78, 5) is 36.7. The molecule has 2 aromatic heterocycles. The Morgan fingerprint density at radius 2 is 1.13 bits per heavy atom. The van der Waals surface area contributed by atoms with E-state index in [2.05, 4.69) is 35.7 Å². The van der Waals surface area contributed by atoms with Crippen molar-refractivity contribution in [2.24, 2.45) is 11.5 Å². The molecule has 0 unspecified atom stereocenters. The Hall–Kier alpha value is -6.22. The molecule has 4 aromatic carbocycles. The molecule has 0 radical (unpaired) electrons. The maximum absolute atomic E-state index is 12.1. The van der Waals surface area contributed by atoms with E-state index in [1.165, 1.54) is 0 Å². The van der Waals surface area contributed by atoms with E-state index < -0.39 is 18.9 Å². The predicted octanol–water partition coefficient (Wildman–Crippen LogP) is 6.09. The van der Waals surface area contributed by atoms with Crippen LogP contribution in [0.15, 0.2) is 138 Å². The zero-order valence-electron chi connectivity index (χ0n) is 33.5. The summed E-state index contributed by atoms with van der Waals surface area (Å²) < 4.78 is 12.8. The molecule has 4 heterocycles. The first-order chi connectivity index (χ1) is 28.9. The fourth-order valence-electron chi connectivity index (χ4n) is 6.90. The van der Waals surface area contributed by atoms with E-state index in [1.54, 1.807) is 42.7 Å². The number of aromatic nitrogens is 2. The molecule has 12 nitrogen and oxygen atoms in total. The third-order valence-corrected chi connectivity index (χ3v) is 10.5. The molecule has 2 fully saturated rings. The monoisotopic (exact) mass is 870 g/mol. The molecule has 2 amide bonds. The predicted molar refractivity (Wildman–Crippen MR) is 240 cm³/mol. The summed E-state index contributed by atoms with van der Waals surface area (Å²) in [6.45, 7) is 7.02. The number of benzene rings is 4. The van der Waals surface area contributed by atoms with Gasteiger partial charge in [-0.2, -0.15) is 0 Å². The molecular weight excluding hydrogens is 823 g/mol. The molecule has 6 N–H and O–H groups in total. The quantitative estimate of drug-likeness (QED) is 0.118. The van der Waals surface area contributed by atoms with Gasteiger partial charge in [-0.25, -0.2) is 9.97 Å². The zero-order chi connectivity index (χ0) is 42.6. The molecule has 2 saturated heterocycles. The van der Waals surface area contributed by atoms with Crippen LogP contribution < -0.4 is 36.2 Å². The molecule has 8 rings (SSSR count). The minimum atomic E-state index is -1.34. The Morgan fingerprint density at radius 3 is 1.58 bits per heavy atom. The van der Waals surface area contributed by atoms with Crippen LogP contribution in [0.4, 0.5) is 11.4 Å². The molecule has 14 heteroatoms. The van der Waals surface area contributed by atoms with Crippen molar-refractivity contribution in [1.29, 1.82) is 0 Å². The summed E-state index contributed by atoms with van der Waals surface area (Å²) in [5.41, 5.74) is 18.7. The van der Waals surface area contributed by atoms with Crippen LogP contribution in [-0.2, 0) is 0 Å². The van der Waals surface area contributed by atoms with Crippen molar-refractivity contribution in [3.63, 3.8) is 0 Å². The number of carbonyl (C=O) groups is 2. The SMILES string of the molecule is Cc1ccc(O[C@H]2CCN(c3ccc(-c4ccccc4)cc3C(N)=O)C2)nc1.Cc1ccc(O[C@H]2CCN(c3ccc(Br)cc3C(N)=O)C2)nc1.OB(O)c1ccccc1. The normalized spacial score (nSPS) is 15.6. The summed E-state index contributed by atoms with van der Waals surface area (Å²) >= 11 is 3.38. The van der Waals surface area contributed by atoms with Crippen LogP contribution in [-0.4, -0.2) is 77.3 Å². The number of aryl methyl sites for hydroxylation is 2. The van der Waals surface area contributed by atoms with Crippen LogP contribution in [0.25, 0.3) is 11.1 Å². The zero-order valence-corrected chi connectivity index (χ0v) is 35.1. The molecule has 0 spiro atoms. The van der Waals surface area contributed by atoms with Crippen LogP contribution >= 0.6 is 15.9 Å². The maximum atomic E-state index is 12.1. The molecule has 60 heavy (non-hydrogen) atoms. The molecule has 308 valence electrons. The number of halogens is 1. The Balaban J connectivity index is 0.000000169. The number of pyridine rings is 2. The van der Waals surface area contributed by atoms with Gasteiger partial charge in [-0.15, -0.1) is 0 Å². The van der Waals surface area contributed by atoms with Gasteiger partial charge in [-0.1, -0.05) is 94.8 Å². The third kappa shape index (κ3) is 11.9. The van der Waals surface area contributed by atoms with Crippen molar-refractivity contribution in [2.75, 3.05) is 36.0 Å². The van der Waals surface area contributed by atoms with E-state index in [0.29, 0.717) is 41.4 Å². The van der Waals surface area contributed by atoms with E-state index in [4.69, 9.17) is 31.0 Å². The lowest BCUT2D eigenvalue weighted by molar-refractivity contribution is 0.0992. The second-order valence-electron chi connectivity index (χ2n) is 14.6. The molecule has 2 aliphatic heterocycles.